The predicted octanol–water partition coefficient (Wildman–Crippen LogP) is 3.65. The lowest BCUT2D eigenvalue weighted by atomic mass is 10.2. The Balaban J connectivity index is 2.75. The Kier molecular flexibility index (Phi) is 3.42. The van der Waals surface area contributed by atoms with Gasteiger partial charge in [0, 0.05) is 4.48 Å². The average Bonchev–Trinajstić information content (AvgIpc) is 2.04. The van der Waals surface area contributed by atoms with Crippen LogP contribution in [-0.2, 0) is 0 Å². The van der Waals surface area contributed by atoms with E-state index >= 15 is 0 Å². The van der Waals surface area contributed by atoms with Crippen molar-refractivity contribution in [2.24, 2.45) is 0 Å². The van der Waals surface area contributed by atoms with Gasteiger partial charge >= 0.3 is 6.61 Å². The van der Waals surface area contributed by atoms with Crippen molar-refractivity contribution in [1.82, 2.24) is 0 Å². The van der Waals surface area contributed by atoms with E-state index in [1.165, 1.54) is 12.1 Å². The van der Waals surface area contributed by atoms with E-state index < -0.39 is 6.61 Å². The lowest BCUT2D eigenvalue weighted by Crippen LogP contribution is -2.01. The van der Waals surface area contributed by atoms with Gasteiger partial charge in [-0.05, 0) is 17.7 Å². The number of halogens is 3. The number of alkyl halides is 2. The molecule has 0 aliphatic carbocycles. The van der Waals surface area contributed by atoms with Crippen molar-refractivity contribution in [3.8, 4) is 5.75 Å². The van der Waals surface area contributed by atoms with Gasteiger partial charge in [0.15, 0.2) is 0 Å². The Morgan fingerprint density at radius 2 is 1.85 bits per heavy atom. The molecule has 0 unspecified atom stereocenters. The summed E-state index contributed by atoms with van der Waals surface area (Å²) in [5.41, 5.74) is 0.835. The molecule has 0 saturated heterocycles. The van der Waals surface area contributed by atoms with Crippen molar-refractivity contribution < 1.29 is 13.5 Å². The molecule has 0 radical (unpaired) electrons. The second-order valence-electron chi connectivity index (χ2n) is 2.31. The summed E-state index contributed by atoms with van der Waals surface area (Å²) in [5, 5.41) is 0. The van der Waals surface area contributed by atoms with Crippen molar-refractivity contribution in [2.75, 3.05) is 0 Å². The molecule has 0 aromatic heterocycles. The summed E-state index contributed by atoms with van der Waals surface area (Å²) in [5.74, 6) is 0.146. The Labute approximate surface area is 83.1 Å². The van der Waals surface area contributed by atoms with Crippen LogP contribution in [0.25, 0.3) is 4.48 Å². The summed E-state index contributed by atoms with van der Waals surface area (Å²) in [6, 6.07) is 6.23. The molecule has 0 aliphatic rings. The first kappa shape index (κ1) is 10.2. The summed E-state index contributed by atoms with van der Waals surface area (Å²) in [6.07, 6.45) is 0. The minimum Gasteiger partial charge on any atom is -0.435 e. The van der Waals surface area contributed by atoms with Crippen LogP contribution in [0.2, 0.25) is 0 Å². The summed E-state index contributed by atoms with van der Waals surface area (Å²) < 4.78 is 28.3. The largest absolute Gasteiger partial charge is 0.435 e. The van der Waals surface area contributed by atoms with Gasteiger partial charge in [-0.25, -0.2) is 0 Å². The monoisotopic (exact) mass is 248 g/mol. The Hall–Kier alpha value is -0.900. The molecule has 70 valence electrons. The van der Waals surface area contributed by atoms with E-state index in [0.717, 1.165) is 5.56 Å². The van der Waals surface area contributed by atoms with E-state index in [9.17, 15) is 8.78 Å². The van der Waals surface area contributed by atoms with Crippen LogP contribution in [0.3, 0.4) is 0 Å². The van der Waals surface area contributed by atoms with E-state index in [0.29, 0.717) is 4.48 Å². The average molecular weight is 249 g/mol. The van der Waals surface area contributed by atoms with Gasteiger partial charge in [-0.3, -0.25) is 0 Å². The molecule has 0 spiro atoms. The van der Waals surface area contributed by atoms with Gasteiger partial charge in [-0.1, -0.05) is 34.6 Å². The highest BCUT2D eigenvalue weighted by Crippen LogP contribution is 2.22. The fourth-order valence-electron chi connectivity index (χ4n) is 0.817. The fourth-order valence-corrected chi connectivity index (χ4v) is 1.08. The fraction of sp³-hybridized carbons (Fsp3) is 0.111. The van der Waals surface area contributed by atoms with E-state index in [4.69, 9.17) is 0 Å². The number of hydrogen-bond donors (Lipinski definition) is 0. The number of rotatable bonds is 3. The standard InChI is InChI=1S/C9H7BrF2O/c1-6(10)7-2-4-8(5-3-7)13-9(11)12/h2-5,9H,1H2. The zero-order chi connectivity index (χ0) is 9.84. The normalized spacial score (nSPS) is 10.2. The first-order valence-electron chi connectivity index (χ1n) is 3.49. The Morgan fingerprint density at radius 3 is 2.23 bits per heavy atom. The highest BCUT2D eigenvalue weighted by molar-refractivity contribution is 9.15. The maximum absolute atomic E-state index is 11.7. The van der Waals surface area contributed by atoms with Crippen LogP contribution >= 0.6 is 15.9 Å². The highest BCUT2D eigenvalue weighted by atomic mass is 79.9. The van der Waals surface area contributed by atoms with Crippen molar-refractivity contribution in [1.29, 1.82) is 0 Å². The molecule has 13 heavy (non-hydrogen) atoms. The predicted molar refractivity (Wildman–Crippen MR) is 51.0 cm³/mol. The lowest BCUT2D eigenvalue weighted by Gasteiger charge is -2.04. The molecule has 0 amide bonds. The van der Waals surface area contributed by atoms with E-state index in [1.54, 1.807) is 12.1 Å². The topological polar surface area (TPSA) is 9.23 Å². The van der Waals surface area contributed by atoms with Gasteiger partial charge in [0.2, 0.25) is 0 Å². The van der Waals surface area contributed by atoms with Gasteiger partial charge in [0.25, 0.3) is 0 Å². The summed E-state index contributed by atoms with van der Waals surface area (Å²) >= 11 is 3.17. The molecule has 0 aliphatic heterocycles. The summed E-state index contributed by atoms with van der Waals surface area (Å²) in [6.45, 7) is 0.864. The van der Waals surface area contributed by atoms with Gasteiger partial charge in [-0.15, -0.1) is 0 Å². The minimum absolute atomic E-state index is 0.146. The number of ether oxygens (including phenoxy) is 1. The molecule has 1 rings (SSSR count). The molecule has 4 heteroatoms. The lowest BCUT2D eigenvalue weighted by molar-refractivity contribution is -0.0498. The molecule has 0 saturated carbocycles. The van der Waals surface area contributed by atoms with Crippen LogP contribution in [0, 0.1) is 0 Å². The van der Waals surface area contributed by atoms with Crippen LogP contribution in [0.5, 0.6) is 5.75 Å². The van der Waals surface area contributed by atoms with Crippen LogP contribution in [-0.4, -0.2) is 6.61 Å². The molecule has 1 nitrogen and oxygen atoms in total. The van der Waals surface area contributed by atoms with Crippen molar-refractivity contribution in [2.45, 2.75) is 6.61 Å². The molecule has 0 N–H and O–H groups in total. The van der Waals surface area contributed by atoms with Crippen molar-refractivity contribution in [3.63, 3.8) is 0 Å². The number of hydrogen-bond acceptors (Lipinski definition) is 1. The van der Waals surface area contributed by atoms with Gasteiger partial charge in [0.05, 0.1) is 0 Å². The van der Waals surface area contributed by atoms with Gasteiger partial charge in [-0.2, -0.15) is 8.78 Å². The maximum atomic E-state index is 11.7. The third-order valence-corrected chi connectivity index (χ3v) is 1.85. The maximum Gasteiger partial charge on any atom is 0.387 e. The minimum atomic E-state index is -2.78. The second-order valence-corrected chi connectivity index (χ2v) is 3.27. The van der Waals surface area contributed by atoms with E-state index in [2.05, 4.69) is 27.2 Å². The zero-order valence-corrected chi connectivity index (χ0v) is 8.22. The molecular weight excluding hydrogens is 242 g/mol. The third kappa shape index (κ3) is 3.14. The first-order valence-corrected chi connectivity index (χ1v) is 4.28. The molecule has 0 heterocycles. The highest BCUT2D eigenvalue weighted by Gasteiger charge is 2.03. The van der Waals surface area contributed by atoms with Crippen LogP contribution in [0.4, 0.5) is 8.78 Å². The molecule has 0 bridgehead atoms. The molecule has 0 atom stereocenters. The smallest absolute Gasteiger partial charge is 0.387 e. The van der Waals surface area contributed by atoms with E-state index in [-0.39, 0.29) is 5.75 Å². The molecule has 0 fully saturated rings. The zero-order valence-electron chi connectivity index (χ0n) is 6.64. The van der Waals surface area contributed by atoms with Crippen LogP contribution in [0.1, 0.15) is 5.56 Å². The first-order chi connectivity index (χ1) is 6.09. The van der Waals surface area contributed by atoms with Crippen molar-refractivity contribution >= 4 is 20.4 Å². The van der Waals surface area contributed by atoms with Gasteiger partial charge in [0.1, 0.15) is 5.75 Å². The Morgan fingerprint density at radius 1 is 1.31 bits per heavy atom. The third-order valence-electron chi connectivity index (χ3n) is 1.39. The Bertz CT molecular complexity index is 295. The molecule has 1 aromatic rings. The molecular formula is C9H7BrF2O. The molecule has 1 aromatic carbocycles. The summed E-state index contributed by atoms with van der Waals surface area (Å²) in [4.78, 5) is 0. The second kappa shape index (κ2) is 4.37. The van der Waals surface area contributed by atoms with Gasteiger partial charge < -0.3 is 4.74 Å². The number of benzene rings is 1. The van der Waals surface area contributed by atoms with Crippen LogP contribution < -0.4 is 4.74 Å². The van der Waals surface area contributed by atoms with Crippen LogP contribution in [0.15, 0.2) is 30.8 Å². The quantitative estimate of drug-likeness (QED) is 0.794. The van der Waals surface area contributed by atoms with Crippen molar-refractivity contribution in [3.05, 3.63) is 36.4 Å². The summed E-state index contributed by atoms with van der Waals surface area (Å²) in [7, 11) is 0. The van der Waals surface area contributed by atoms with E-state index in [1.807, 2.05) is 0 Å². The SMILES string of the molecule is C=C(Br)c1ccc(OC(F)F)cc1.